The maximum atomic E-state index is 11.7. The molecule has 0 spiro atoms. The van der Waals surface area contributed by atoms with E-state index in [2.05, 4.69) is 10.6 Å². The fourth-order valence-electron chi connectivity index (χ4n) is 1.58. The van der Waals surface area contributed by atoms with E-state index in [9.17, 15) is 15.0 Å². The number of amides is 2. The van der Waals surface area contributed by atoms with Gasteiger partial charge in [-0.25, -0.2) is 4.79 Å². The molecule has 0 aliphatic heterocycles. The third kappa shape index (κ3) is 3.17. The van der Waals surface area contributed by atoms with Gasteiger partial charge in [-0.15, -0.1) is 0 Å². The molecule has 20 heavy (non-hydrogen) atoms. The van der Waals surface area contributed by atoms with Gasteiger partial charge < -0.3 is 20.8 Å². The summed E-state index contributed by atoms with van der Waals surface area (Å²) in [4.78, 5) is 11.7. The normalized spacial score (nSPS) is 9.55. The van der Waals surface area contributed by atoms with Gasteiger partial charge in [-0.05, 0) is 24.3 Å². The Labute approximate surface area is 114 Å². The number of phenolic OH excluding ortho intramolecular Hbond substituents is 2. The molecule has 0 atom stereocenters. The molecule has 2 aromatic rings. The summed E-state index contributed by atoms with van der Waals surface area (Å²) in [6.45, 7) is 0. The van der Waals surface area contributed by atoms with E-state index in [4.69, 9.17) is 5.26 Å². The van der Waals surface area contributed by atoms with Gasteiger partial charge in [0, 0.05) is 23.5 Å². The smallest absolute Gasteiger partial charge is 0.323 e. The number of nitrogens with zero attached hydrogens (tertiary/aromatic N) is 1. The maximum Gasteiger partial charge on any atom is 0.323 e. The van der Waals surface area contributed by atoms with Gasteiger partial charge in [-0.2, -0.15) is 5.26 Å². The van der Waals surface area contributed by atoms with Gasteiger partial charge in [0.15, 0.2) is 0 Å². The van der Waals surface area contributed by atoms with Crippen LogP contribution in [0, 0.1) is 11.3 Å². The first-order chi connectivity index (χ1) is 9.58. The molecule has 6 heteroatoms. The number of aromatic hydroxyl groups is 2. The Balaban J connectivity index is 2.05. The van der Waals surface area contributed by atoms with Crippen LogP contribution >= 0.6 is 0 Å². The van der Waals surface area contributed by atoms with Crippen LogP contribution in [-0.2, 0) is 0 Å². The molecule has 0 heterocycles. The highest BCUT2D eigenvalue weighted by molar-refractivity contribution is 6.00. The van der Waals surface area contributed by atoms with Crippen molar-refractivity contribution in [3.8, 4) is 17.6 Å². The summed E-state index contributed by atoms with van der Waals surface area (Å²) in [5, 5.41) is 32.5. The zero-order valence-corrected chi connectivity index (χ0v) is 10.3. The average molecular weight is 269 g/mol. The number of carbonyl (C=O) groups excluding carboxylic acids is 1. The zero-order chi connectivity index (χ0) is 14.5. The molecular formula is C14H11N3O3. The molecule has 100 valence electrons. The number of rotatable bonds is 2. The summed E-state index contributed by atoms with van der Waals surface area (Å²) in [5.41, 5.74) is 0.906. The number of phenols is 2. The van der Waals surface area contributed by atoms with Gasteiger partial charge in [-0.1, -0.05) is 6.07 Å². The van der Waals surface area contributed by atoms with E-state index in [1.807, 2.05) is 6.07 Å². The van der Waals surface area contributed by atoms with Crippen molar-refractivity contribution in [2.45, 2.75) is 0 Å². The van der Waals surface area contributed by atoms with Gasteiger partial charge in [0.05, 0.1) is 5.56 Å². The second kappa shape index (κ2) is 5.63. The monoisotopic (exact) mass is 269 g/mol. The molecule has 0 saturated carbocycles. The van der Waals surface area contributed by atoms with Crippen molar-refractivity contribution in [3.63, 3.8) is 0 Å². The van der Waals surface area contributed by atoms with Crippen LogP contribution in [-0.4, -0.2) is 16.2 Å². The van der Waals surface area contributed by atoms with Gasteiger partial charge in [0.1, 0.15) is 17.6 Å². The summed E-state index contributed by atoms with van der Waals surface area (Å²) in [6, 6.07) is 11.6. The van der Waals surface area contributed by atoms with Crippen LogP contribution in [0.2, 0.25) is 0 Å². The lowest BCUT2D eigenvalue weighted by molar-refractivity contribution is 0.262. The predicted octanol–water partition coefficient (Wildman–Crippen LogP) is 2.61. The Morgan fingerprint density at radius 1 is 1.05 bits per heavy atom. The molecule has 6 nitrogen and oxygen atoms in total. The van der Waals surface area contributed by atoms with Crippen LogP contribution in [0.15, 0.2) is 42.5 Å². The molecule has 0 aliphatic rings. The quantitative estimate of drug-likeness (QED) is 0.672. The summed E-state index contributed by atoms with van der Waals surface area (Å²) in [6.07, 6.45) is 0. The van der Waals surface area contributed by atoms with Crippen molar-refractivity contribution in [3.05, 3.63) is 48.0 Å². The fourth-order valence-corrected chi connectivity index (χ4v) is 1.58. The minimum atomic E-state index is -0.528. The molecule has 0 bridgehead atoms. The summed E-state index contributed by atoms with van der Waals surface area (Å²) in [7, 11) is 0. The third-order valence-corrected chi connectivity index (χ3v) is 2.48. The molecule has 0 aromatic heterocycles. The van der Waals surface area contributed by atoms with E-state index >= 15 is 0 Å². The Hall–Kier alpha value is -3.20. The molecule has 0 fully saturated rings. The highest BCUT2D eigenvalue weighted by Gasteiger charge is 2.06. The van der Waals surface area contributed by atoms with Gasteiger partial charge >= 0.3 is 6.03 Å². The Morgan fingerprint density at radius 2 is 1.75 bits per heavy atom. The van der Waals surface area contributed by atoms with Crippen LogP contribution in [0.3, 0.4) is 0 Å². The number of hydrogen-bond donors (Lipinski definition) is 4. The van der Waals surface area contributed by atoms with Crippen molar-refractivity contribution in [1.82, 2.24) is 0 Å². The Bertz CT molecular complexity index is 692. The van der Waals surface area contributed by atoms with Gasteiger partial charge in [0.2, 0.25) is 0 Å². The zero-order valence-electron chi connectivity index (χ0n) is 10.3. The third-order valence-electron chi connectivity index (χ3n) is 2.48. The van der Waals surface area contributed by atoms with Crippen LogP contribution in [0.5, 0.6) is 11.5 Å². The Morgan fingerprint density at radius 3 is 2.35 bits per heavy atom. The standard InChI is InChI=1S/C14H11N3O3/c15-8-9-4-5-11(7-13(9)19)17-14(20)16-10-2-1-3-12(18)6-10/h1-7,18-19H,(H2,16,17,20). The lowest BCUT2D eigenvalue weighted by Crippen LogP contribution is -2.19. The van der Waals surface area contributed by atoms with E-state index in [0.29, 0.717) is 11.4 Å². The first-order valence-corrected chi connectivity index (χ1v) is 5.68. The highest BCUT2D eigenvalue weighted by atomic mass is 16.3. The molecule has 4 N–H and O–H groups in total. The summed E-state index contributed by atoms with van der Waals surface area (Å²) in [5.74, 6) is -0.165. The molecule has 0 radical (unpaired) electrons. The number of benzene rings is 2. The topological polar surface area (TPSA) is 105 Å². The average Bonchev–Trinajstić information content (AvgIpc) is 2.38. The van der Waals surface area contributed by atoms with Crippen LogP contribution < -0.4 is 10.6 Å². The van der Waals surface area contributed by atoms with E-state index < -0.39 is 6.03 Å². The summed E-state index contributed by atoms with van der Waals surface area (Å²) < 4.78 is 0. The number of urea groups is 1. The van der Waals surface area contributed by atoms with Crippen molar-refractivity contribution in [2.75, 3.05) is 10.6 Å². The molecule has 2 rings (SSSR count). The number of carbonyl (C=O) groups is 1. The fraction of sp³-hybridized carbons (Fsp3) is 0. The molecule has 2 amide bonds. The first kappa shape index (κ1) is 13.2. The number of nitriles is 1. The number of nitrogens with one attached hydrogen (secondary N) is 2. The predicted molar refractivity (Wildman–Crippen MR) is 73.6 cm³/mol. The van der Waals surface area contributed by atoms with Gasteiger partial charge in [0.25, 0.3) is 0 Å². The maximum absolute atomic E-state index is 11.7. The molecule has 2 aromatic carbocycles. The van der Waals surface area contributed by atoms with Crippen LogP contribution in [0.4, 0.5) is 16.2 Å². The van der Waals surface area contributed by atoms with E-state index in [0.717, 1.165) is 0 Å². The van der Waals surface area contributed by atoms with Crippen molar-refractivity contribution >= 4 is 17.4 Å². The minimum Gasteiger partial charge on any atom is -0.508 e. The summed E-state index contributed by atoms with van der Waals surface area (Å²) >= 11 is 0. The lowest BCUT2D eigenvalue weighted by atomic mass is 10.2. The van der Waals surface area contributed by atoms with Crippen molar-refractivity contribution < 1.29 is 15.0 Å². The molecule has 0 unspecified atom stereocenters. The van der Waals surface area contributed by atoms with Crippen LogP contribution in [0.1, 0.15) is 5.56 Å². The van der Waals surface area contributed by atoms with E-state index in [1.54, 1.807) is 12.1 Å². The second-order valence-corrected chi connectivity index (χ2v) is 3.97. The minimum absolute atomic E-state index is 0.0406. The van der Waals surface area contributed by atoms with Crippen molar-refractivity contribution in [2.24, 2.45) is 0 Å². The largest absolute Gasteiger partial charge is 0.508 e. The molecule has 0 aliphatic carbocycles. The molecule has 0 saturated heterocycles. The number of anilines is 2. The van der Waals surface area contributed by atoms with E-state index in [-0.39, 0.29) is 17.1 Å². The van der Waals surface area contributed by atoms with Crippen LogP contribution in [0.25, 0.3) is 0 Å². The SMILES string of the molecule is N#Cc1ccc(NC(=O)Nc2cccc(O)c2)cc1O. The lowest BCUT2D eigenvalue weighted by Gasteiger charge is -2.08. The van der Waals surface area contributed by atoms with E-state index in [1.165, 1.54) is 30.3 Å². The van der Waals surface area contributed by atoms with Crippen molar-refractivity contribution in [1.29, 1.82) is 5.26 Å². The second-order valence-electron chi connectivity index (χ2n) is 3.97. The van der Waals surface area contributed by atoms with Gasteiger partial charge in [-0.3, -0.25) is 0 Å². The Kier molecular flexibility index (Phi) is 3.72. The highest BCUT2D eigenvalue weighted by Crippen LogP contribution is 2.21. The first-order valence-electron chi connectivity index (χ1n) is 5.68. The molecular weight excluding hydrogens is 258 g/mol. The number of hydrogen-bond acceptors (Lipinski definition) is 4.